The summed E-state index contributed by atoms with van der Waals surface area (Å²) in [5, 5.41) is 5.90. The van der Waals surface area contributed by atoms with Crippen LogP contribution in [0.1, 0.15) is 15.9 Å². The summed E-state index contributed by atoms with van der Waals surface area (Å²) in [7, 11) is 1.62. The van der Waals surface area contributed by atoms with Gasteiger partial charge in [-0.05, 0) is 48.4 Å². The molecule has 2 aromatic carbocycles. The van der Waals surface area contributed by atoms with Gasteiger partial charge in [0.2, 0.25) is 0 Å². The first-order chi connectivity index (χ1) is 13.6. The lowest BCUT2D eigenvalue weighted by atomic mass is 10.1. The van der Waals surface area contributed by atoms with Gasteiger partial charge in [-0.1, -0.05) is 29.8 Å². The maximum Gasteiger partial charge on any atom is 0.252 e. The number of nitrogens with zero attached hydrogens (tertiary/aromatic N) is 1. The van der Waals surface area contributed by atoms with Crippen molar-refractivity contribution in [1.82, 2.24) is 10.3 Å². The number of pyridine rings is 1. The Morgan fingerprint density at radius 2 is 2.00 bits per heavy atom. The third-order valence-electron chi connectivity index (χ3n) is 4.09. The fourth-order valence-corrected chi connectivity index (χ4v) is 2.83. The van der Waals surface area contributed by atoms with Crippen LogP contribution >= 0.6 is 11.6 Å². The highest BCUT2D eigenvalue weighted by Crippen LogP contribution is 2.22. The minimum Gasteiger partial charge on any atom is -0.496 e. The van der Waals surface area contributed by atoms with Crippen LogP contribution in [0.15, 0.2) is 60.8 Å². The van der Waals surface area contributed by atoms with Crippen molar-refractivity contribution in [2.45, 2.75) is 6.42 Å². The smallest absolute Gasteiger partial charge is 0.252 e. The number of rotatable bonds is 7. The van der Waals surface area contributed by atoms with Crippen molar-refractivity contribution < 1.29 is 13.9 Å². The molecule has 0 fully saturated rings. The second-order valence-corrected chi connectivity index (χ2v) is 6.41. The minimum absolute atomic E-state index is 0.0241. The molecule has 1 amide bonds. The number of carbonyl (C=O) groups is 1. The van der Waals surface area contributed by atoms with Gasteiger partial charge in [0.15, 0.2) is 0 Å². The van der Waals surface area contributed by atoms with Crippen LogP contribution in [0.4, 0.5) is 15.9 Å². The fourth-order valence-electron chi connectivity index (χ4n) is 2.65. The van der Waals surface area contributed by atoms with Gasteiger partial charge >= 0.3 is 0 Å². The molecule has 7 heteroatoms. The average molecular weight is 400 g/mol. The van der Waals surface area contributed by atoms with E-state index in [1.807, 2.05) is 24.3 Å². The lowest BCUT2D eigenvalue weighted by Crippen LogP contribution is -2.25. The molecular weight excluding hydrogens is 381 g/mol. The Balaban J connectivity index is 1.55. The molecule has 144 valence electrons. The van der Waals surface area contributed by atoms with Crippen molar-refractivity contribution in [3.05, 3.63) is 82.8 Å². The standard InChI is InChI=1S/C21H19ClFN3O2/c1-28-19-5-3-2-4-14(19)10-11-24-21(27)15-6-9-20(25-13-15)26-16-7-8-18(23)17(22)12-16/h2-9,12-13H,10-11H2,1H3,(H,24,27)(H,25,26). The molecule has 1 aromatic heterocycles. The van der Waals surface area contributed by atoms with E-state index in [0.29, 0.717) is 30.0 Å². The number of anilines is 2. The number of para-hydroxylation sites is 1. The lowest BCUT2D eigenvalue weighted by molar-refractivity contribution is 0.0953. The predicted octanol–water partition coefficient (Wildman–Crippen LogP) is 4.60. The molecule has 0 bridgehead atoms. The van der Waals surface area contributed by atoms with E-state index in [0.717, 1.165) is 11.3 Å². The quantitative estimate of drug-likeness (QED) is 0.609. The lowest BCUT2D eigenvalue weighted by Gasteiger charge is -2.10. The molecular formula is C21H19ClFN3O2. The normalized spacial score (nSPS) is 10.4. The molecule has 0 aliphatic heterocycles. The van der Waals surface area contributed by atoms with Crippen LogP contribution in [0.3, 0.4) is 0 Å². The molecule has 0 aliphatic rings. The average Bonchev–Trinajstić information content (AvgIpc) is 2.71. The summed E-state index contributed by atoms with van der Waals surface area (Å²) in [6, 6.07) is 15.3. The molecule has 0 saturated carbocycles. The van der Waals surface area contributed by atoms with Gasteiger partial charge in [-0.15, -0.1) is 0 Å². The third-order valence-corrected chi connectivity index (χ3v) is 4.38. The zero-order valence-corrected chi connectivity index (χ0v) is 16.0. The molecule has 0 atom stereocenters. The highest BCUT2D eigenvalue weighted by atomic mass is 35.5. The molecule has 0 unspecified atom stereocenters. The van der Waals surface area contributed by atoms with E-state index < -0.39 is 5.82 Å². The topological polar surface area (TPSA) is 63.2 Å². The van der Waals surface area contributed by atoms with Gasteiger partial charge in [0.1, 0.15) is 17.4 Å². The summed E-state index contributed by atoms with van der Waals surface area (Å²) in [5.74, 6) is 0.627. The summed E-state index contributed by atoms with van der Waals surface area (Å²) in [6.45, 7) is 0.479. The van der Waals surface area contributed by atoms with Gasteiger partial charge in [0, 0.05) is 18.4 Å². The number of nitrogens with one attached hydrogen (secondary N) is 2. The van der Waals surface area contributed by atoms with E-state index >= 15 is 0 Å². The maximum absolute atomic E-state index is 13.2. The molecule has 2 N–H and O–H groups in total. The SMILES string of the molecule is COc1ccccc1CCNC(=O)c1ccc(Nc2ccc(F)c(Cl)c2)nc1. The first-order valence-electron chi connectivity index (χ1n) is 8.65. The second kappa shape index (κ2) is 9.19. The fraction of sp³-hybridized carbons (Fsp3) is 0.143. The summed E-state index contributed by atoms with van der Waals surface area (Å²) in [5.41, 5.74) is 2.08. The number of halogens is 2. The van der Waals surface area contributed by atoms with Crippen molar-refractivity contribution in [2.75, 3.05) is 19.0 Å². The minimum atomic E-state index is -0.486. The molecule has 0 radical (unpaired) electrons. The maximum atomic E-state index is 13.2. The molecule has 0 spiro atoms. The molecule has 3 aromatic rings. The summed E-state index contributed by atoms with van der Waals surface area (Å²) in [4.78, 5) is 16.5. The number of methoxy groups -OCH3 is 1. The van der Waals surface area contributed by atoms with Crippen LogP contribution in [0.2, 0.25) is 5.02 Å². The zero-order chi connectivity index (χ0) is 19.9. The molecule has 1 heterocycles. The van der Waals surface area contributed by atoms with Crippen molar-refractivity contribution in [3.63, 3.8) is 0 Å². The number of hydrogen-bond donors (Lipinski definition) is 2. The van der Waals surface area contributed by atoms with Gasteiger partial charge < -0.3 is 15.4 Å². The van der Waals surface area contributed by atoms with Gasteiger partial charge in [-0.25, -0.2) is 9.37 Å². The first kappa shape index (κ1) is 19.6. The van der Waals surface area contributed by atoms with Crippen LogP contribution in [0.5, 0.6) is 5.75 Å². The van der Waals surface area contributed by atoms with E-state index in [2.05, 4.69) is 15.6 Å². The van der Waals surface area contributed by atoms with E-state index in [4.69, 9.17) is 16.3 Å². The van der Waals surface area contributed by atoms with Crippen LogP contribution in [0.25, 0.3) is 0 Å². The molecule has 0 saturated heterocycles. The molecule has 5 nitrogen and oxygen atoms in total. The van der Waals surface area contributed by atoms with Crippen molar-refractivity contribution in [2.24, 2.45) is 0 Å². The Morgan fingerprint density at radius 3 is 2.71 bits per heavy atom. The molecule has 0 aliphatic carbocycles. The monoisotopic (exact) mass is 399 g/mol. The Hall–Kier alpha value is -3.12. The second-order valence-electron chi connectivity index (χ2n) is 6.00. The number of carbonyl (C=O) groups excluding carboxylic acids is 1. The number of hydrogen-bond acceptors (Lipinski definition) is 4. The molecule has 28 heavy (non-hydrogen) atoms. The number of ether oxygens (including phenoxy) is 1. The highest BCUT2D eigenvalue weighted by Gasteiger charge is 2.08. The Morgan fingerprint density at radius 1 is 1.18 bits per heavy atom. The van der Waals surface area contributed by atoms with E-state index in [-0.39, 0.29) is 10.9 Å². The van der Waals surface area contributed by atoms with Crippen LogP contribution < -0.4 is 15.4 Å². The number of aromatic nitrogens is 1. The van der Waals surface area contributed by atoms with Crippen LogP contribution in [-0.4, -0.2) is 24.5 Å². The summed E-state index contributed by atoms with van der Waals surface area (Å²) < 4.78 is 18.5. The number of benzene rings is 2. The largest absolute Gasteiger partial charge is 0.496 e. The Kier molecular flexibility index (Phi) is 6.45. The van der Waals surface area contributed by atoms with Gasteiger partial charge in [0.25, 0.3) is 5.91 Å². The number of amides is 1. The molecule has 3 rings (SSSR count). The van der Waals surface area contributed by atoms with Crippen LogP contribution in [0, 0.1) is 5.82 Å². The Bertz CT molecular complexity index is 964. The van der Waals surface area contributed by atoms with E-state index in [1.165, 1.54) is 18.3 Å². The van der Waals surface area contributed by atoms with Gasteiger partial charge in [-0.3, -0.25) is 4.79 Å². The van der Waals surface area contributed by atoms with Crippen molar-refractivity contribution >= 4 is 29.0 Å². The predicted molar refractivity (Wildman–Crippen MR) is 108 cm³/mol. The van der Waals surface area contributed by atoms with Crippen molar-refractivity contribution in [1.29, 1.82) is 0 Å². The Labute approximate surface area is 167 Å². The van der Waals surface area contributed by atoms with Crippen LogP contribution in [-0.2, 0) is 6.42 Å². The van der Waals surface area contributed by atoms with Gasteiger partial charge in [-0.2, -0.15) is 0 Å². The summed E-state index contributed by atoms with van der Waals surface area (Å²) >= 11 is 5.76. The summed E-state index contributed by atoms with van der Waals surface area (Å²) in [6.07, 6.45) is 2.14. The zero-order valence-electron chi connectivity index (χ0n) is 15.2. The highest BCUT2D eigenvalue weighted by molar-refractivity contribution is 6.31. The van der Waals surface area contributed by atoms with Crippen molar-refractivity contribution in [3.8, 4) is 5.75 Å². The first-order valence-corrected chi connectivity index (χ1v) is 9.03. The van der Waals surface area contributed by atoms with E-state index in [9.17, 15) is 9.18 Å². The van der Waals surface area contributed by atoms with E-state index in [1.54, 1.807) is 25.3 Å². The third kappa shape index (κ3) is 4.98. The van der Waals surface area contributed by atoms with Gasteiger partial charge in [0.05, 0.1) is 17.7 Å².